The van der Waals surface area contributed by atoms with Gasteiger partial charge in [0.05, 0.1) is 23.8 Å². The molecule has 7 heteroatoms. The highest BCUT2D eigenvalue weighted by Crippen LogP contribution is 2.40. The van der Waals surface area contributed by atoms with Crippen molar-refractivity contribution < 1.29 is 14.9 Å². The van der Waals surface area contributed by atoms with Gasteiger partial charge in [0, 0.05) is 29.0 Å². The van der Waals surface area contributed by atoms with Crippen molar-refractivity contribution in [3.8, 4) is 5.75 Å². The molecule has 2 aromatic rings. The van der Waals surface area contributed by atoms with Gasteiger partial charge in [-0.1, -0.05) is 30.9 Å². The van der Waals surface area contributed by atoms with Crippen molar-refractivity contribution in [1.82, 2.24) is 9.88 Å². The van der Waals surface area contributed by atoms with Crippen LogP contribution in [-0.2, 0) is 0 Å². The number of ether oxygens (including phenoxy) is 1. The zero-order chi connectivity index (χ0) is 24.7. The SMILES string of the molecule is COc1ccc2ncc(Cl)c([C@@H](O)CCC3(CO)CCN(CCCSC4CCCCC4)CC3)c2c1. The molecule has 1 atom stereocenters. The number of thioether (sulfide) groups is 1. The molecule has 2 N–H and O–H groups in total. The molecule has 2 heterocycles. The molecule has 2 aliphatic rings. The first kappa shape index (κ1) is 27.0. The highest BCUT2D eigenvalue weighted by Gasteiger charge is 2.34. The monoisotopic (exact) mass is 520 g/mol. The van der Waals surface area contributed by atoms with Gasteiger partial charge in [0.15, 0.2) is 0 Å². The molecule has 35 heavy (non-hydrogen) atoms. The maximum atomic E-state index is 11.2. The molecule has 0 unspecified atom stereocenters. The molecule has 1 aromatic carbocycles. The summed E-state index contributed by atoms with van der Waals surface area (Å²) in [6.07, 6.45) is 12.5. The number of aromatic nitrogens is 1. The summed E-state index contributed by atoms with van der Waals surface area (Å²) >= 11 is 8.68. The summed E-state index contributed by atoms with van der Waals surface area (Å²) in [5, 5.41) is 23.7. The fourth-order valence-electron chi connectivity index (χ4n) is 5.73. The minimum absolute atomic E-state index is 0.124. The van der Waals surface area contributed by atoms with E-state index in [9.17, 15) is 10.2 Å². The molecule has 1 aliphatic heterocycles. The van der Waals surface area contributed by atoms with E-state index in [-0.39, 0.29) is 12.0 Å². The topological polar surface area (TPSA) is 65.8 Å². The Morgan fingerprint density at radius 2 is 2.00 bits per heavy atom. The van der Waals surface area contributed by atoms with Crippen LogP contribution in [0, 0.1) is 5.41 Å². The van der Waals surface area contributed by atoms with Crippen molar-refractivity contribution in [2.45, 2.75) is 75.6 Å². The number of halogens is 1. The molecule has 5 nitrogen and oxygen atoms in total. The number of fused-ring (bicyclic) bond motifs is 1. The van der Waals surface area contributed by atoms with E-state index in [2.05, 4.69) is 21.6 Å². The molecule has 2 fully saturated rings. The molecule has 1 saturated heterocycles. The van der Waals surface area contributed by atoms with Crippen molar-refractivity contribution in [3.63, 3.8) is 0 Å². The van der Waals surface area contributed by atoms with E-state index in [0.29, 0.717) is 22.8 Å². The smallest absolute Gasteiger partial charge is 0.119 e. The third-order valence-electron chi connectivity index (χ3n) is 8.13. The summed E-state index contributed by atoms with van der Waals surface area (Å²) in [5.74, 6) is 1.98. The lowest BCUT2D eigenvalue weighted by Gasteiger charge is -2.41. The van der Waals surface area contributed by atoms with Crippen LogP contribution in [0.3, 0.4) is 0 Å². The van der Waals surface area contributed by atoms with Gasteiger partial charge in [-0.3, -0.25) is 4.98 Å². The number of rotatable bonds is 11. The normalized spacial score (nSPS) is 20.2. The van der Waals surface area contributed by atoms with Gasteiger partial charge >= 0.3 is 0 Å². The number of likely N-dealkylation sites (tertiary alicyclic amines) is 1. The summed E-state index contributed by atoms with van der Waals surface area (Å²) in [7, 11) is 1.63. The van der Waals surface area contributed by atoms with E-state index in [1.165, 1.54) is 44.3 Å². The number of hydrogen-bond acceptors (Lipinski definition) is 6. The van der Waals surface area contributed by atoms with Crippen LogP contribution < -0.4 is 4.74 Å². The predicted molar refractivity (Wildman–Crippen MR) is 147 cm³/mol. The van der Waals surface area contributed by atoms with Crippen LogP contribution in [0.1, 0.15) is 75.9 Å². The Morgan fingerprint density at radius 1 is 1.23 bits per heavy atom. The fourth-order valence-corrected chi connectivity index (χ4v) is 7.30. The third-order valence-corrected chi connectivity index (χ3v) is 9.89. The van der Waals surface area contributed by atoms with Crippen LogP contribution in [-0.4, -0.2) is 64.5 Å². The Bertz CT molecular complexity index is 945. The quantitative estimate of drug-likeness (QED) is 0.342. The predicted octanol–water partition coefficient (Wildman–Crippen LogP) is 6.24. The van der Waals surface area contributed by atoms with Crippen LogP contribution in [0.25, 0.3) is 10.9 Å². The van der Waals surface area contributed by atoms with Crippen molar-refractivity contribution in [3.05, 3.63) is 35.0 Å². The highest BCUT2D eigenvalue weighted by atomic mass is 35.5. The van der Waals surface area contributed by atoms with Crippen LogP contribution in [0.5, 0.6) is 5.75 Å². The van der Waals surface area contributed by atoms with Crippen molar-refractivity contribution in [2.24, 2.45) is 5.41 Å². The van der Waals surface area contributed by atoms with E-state index in [4.69, 9.17) is 16.3 Å². The third kappa shape index (κ3) is 7.04. The number of aliphatic hydroxyl groups is 2. The van der Waals surface area contributed by atoms with Crippen LogP contribution >= 0.6 is 23.4 Å². The molecule has 1 aromatic heterocycles. The van der Waals surface area contributed by atoms with Gasteiger partial charge in [0.2, 0.25) is 0 Å². The summed E-state index contributed by atoms with van der Waals surface area (Å²) in [4.78, 5) is 6.96. The summed E-state index contributed by atoms with van der Waals surface area (Å²) in [5.41, 5.74) is 1.37. The fraction of sp³-hybridized carbons (Fsp3) is 0.679. The lowest BCUT2D eigenvalue weighted by molar-refractivity contribution is 0.0238. The van der Waals surface area contributed by atoms with Gasteiger partial charge in [-0.15, -0.1) is 0 Å². The largest absolute Gasteiger partial charge is 0.497 e. The first-order valence-corrected chi connectivity index (χ1v) is 14.7. The van der Waals surface area contributed by atoms with Gasteiger partial charge in [-0.2, -0.15) is 11.8 Å². The minimum Gasteiger partial charge on any atom is -0.497 e. The van der Waals surface area contributed by atoms with E-state index in [1.807, 2.05) is 18.2 Å². The number of piperidine rings is 1. The Labute approximate surface area is 219 Å². The molecule has 0 bridgehead atoms. The summed E-state index contributed by atoms with van der Waals surface area (Å²) in [6, 6.07) is 5.64. The lowest BCUT2D eigenvalue weighted by Crippen LogP contribution is -2.42. The number of pyridine rings is 1. The first-order chi connectivity index (χ1) is 17.0. The number of hydrogen-bond donors (Lipinski definition) is 2. The molecular weight excluding hydrogens is 480 g/mol. The second kappa shape index (κ2) is 13.0. The zero-order valence-electron chi connectivity index (χ0n) is 21.1. The second-order valence-electron chi connectivity index (χ2n) is 10.4. The Kier molecular flexibility index (Phi) is 9.99. The van der Waals surface area contributed by atoms with Gasteiger partial charge in [0.1, 0.15) is 5.75 Å². The standard InChI is InChI=1S/C28H41ClN2O3S/c1-34-21-8-9-25-23(18-21)27(24(29)19-30-25)26(33)10-11-28(20-32)12-15-31(16-13-28)14-5-17-35-22-6-3-2-4-7-22/h8-9,18-19,22,26,32-33H,2-7,10-17,20H2,1H3/t26-/m0/s1. The number of aliphatic hydroxyl groups excluding tert-OH is 2. The van der Waals surface area contributed by atoms with Gasteiger partial charge in [-0.05, 0) is 93.9 Å². The van der Waals surface area contributed by atoms with Crippen molar-refractivity contribution >= 4 is 34.3 Å². The number of benzene rings is 1. The first-order valence-electron chi connectivity index (χ1n) is 13.3. The van der Waals surface area contributed by atoms with E-state index in [0.717, 1.165) is 55.0 Å². The van der Waals surface area contributed by atoms with Crippen molar-refractivity contribution in [1.29, 1.82) is 0 Å². The molecule has 0 spiro atoms. The van der Waals surface area contributed by atoms with Gasteiger partial charge < -0.3 is 19.8 Å². The van der Waals surface area contributed by atoms with Gasteiger partial charge in [0.25, 0.3) is 0 Å². The Morgan fingerprint density at radius 3 is 2.71 bits per heavy atom. The number of methoxy groups -OCH3 is 1. The molecule has 1 saturated carbocycles. The molecule has 194 valence electrons. The molecule has 4 rings (SSSR count). The lowest BCUT2D eigenvalue weighted by atomic mass is 9.74. The summed E-state index contributed by atoms with van der Waals surface area (Å²) in [6.45, 7) is 3.38. The molecule has 0 radical (unpaired) electrons. The number of nitrogens with zero attached hydrogens (tertiary/aromatic N) is 2. The average Bonchev–Trinajstić information content (AvgIpc) is 2.90. The summed E-state index contributed by atoms with van der Waals surface area (Å²) < 4.78 is 5.37. The highest BCUT2D eigenvalue weighted by molar-refractivity contribution is 7.99. The maximum absolute atomic E-state index is 11.2. The zero-order valence-corrected chi connectivity index (χ0v) is 22.6. The molecular formula is C28H41ClN2O3S. The Balaban J connectivity index is 1.28. The van der Waals surface area contributed by atoms with Crippen LogP contribution in [0.2, 0.25) is 5.02 Å². The molecule has 0 amide bonds. The second-order valence-corrected chi connectivity index (χ2v) is 12.3. The minimum atomic E-state index is -0.710. The Hall–Kier alpha value is -1.05. The maximum Gasteiger partial charge on any atom is 0.119 e. The van der Waals surface area contributed by atoms with E-state index >= 15 is 0 Å². The van der Waals surface area contributed by atoms with E-state index < -0.39 is 6.10 Å². The van der Waals surface area contributed by atoms with Crippen LogP contribution in [0.15, 0.2) is 24.4 Å². The van der Waals surface area contributed by atoms with E-state index in [1.54, 1.807) is 13.3 Å². The van der Waals surface area contributed by atoms with Crippen molar-refractivity contribution in [2.75, 3.05) is 39.1 Å². The van der Waals surface area contributed by atoms with Crippen LogP contribution in [0.4, 0.5) is 0 Å². The average molecular weight is 521 g/mol. The molecule has 1 aliphatic carbocycles. The van der Waals surface area contributed by atoms with Gasteiger partial charge in [-0.25, -0.2) is 0 Å².